The van der Waals surface area contributed by atoms with E-state index in [0.717, 1.165) is 36.8 Å². The molecule has 0 saturated heterocycles. The van der Waals surface area contributed by atoms with Gasteiger partial charge in [0, 0.05) is 32.0 Å². The second kappa shape index (κ2) is 10.3. The fraction of sp³-hybridized carbons (Fsp3) is 0.591. The van der Waals surface area contributed by atoms with Gasteiger partial charge in [-0.25, -0.2) is 0 Å². The molecule has 1 saturated carbocycles. The van der Waals surface area contributed by atoms with Gasteiger partial charge in [0.25, 0.3) is 0 Å². The average Bonchev–Trinajstić information content (AvgIpc) is 3.21. The molecule has 1 aliphatic rings. The molecular weight excluding hydrogens is 382 g/mol. The maximum absolute atomic E-state index is 5.55. The van der Waals surface area contributed by atoms with Gasteiger partial charge in [-0.2, -0.15) is 4.98 Å². The van der Waals surface area contributed by atoms with Crippen LogP contribution in [0.5, 0.6) is 11.5 Å². The molecule has 1 fully saturated rings. The molecule has 0 amide bonds. The molecule has 1 aromatic carbocycles. The van der Waals surface area contributed by atoms with Gasteiger partial charge in [-0.1, -0.05) is 30.5 Å². The third-order valence-electron chi connectivity index (χ3n) is 5.83. The van der Waals surface area contributed by atoms with E-state index >= 15 is 0 Å². The fourth-order valence-electron chi connectivity index (χ4n) is 4.17. The molecule has 0 unspecified atom stereocenters. The van der Waals surface area contributed by atoms with Gasteiger partial charge >= 0.3 is 0 Å². The monoisotopic (exact) mass is 415 g/mol. The van der Waals surface area contributed by atoms with Crippen molar-refractivity contribution in [3.8, 4) is 11.5 Å². The Bertz CT molecular complexity index is 843. The van der Waals surface area contributed by atoms with E-state index in [4.69, 9.17) is 14.0 Å². The van der Waals surface area contributed by atoms with Crippen molar-refractivity contribution < 1.29 is 14.0 Å². The molecule has 2 N–H and O–H groups in total. The number of nitrogens with zero attached hydrogens (tertiary/aromatic N) is 3. The molecular formula is C22H33N5O3. The Balaban J connectivity index is 1.66. The van der Waals surface area contributed by atoms with Crippen molar-refractivity contribution in [2.75, 3.05) is 34.4 Å². The molecule has 3 rings (SSSR count). The number of aromatic nitrogens is 2. The summed E-state index contributed by atoms with van der Waals surface area (Å²) in [7, 11) is 5.14. The predicted octanol–water partition coefficient (Wildman–Crippen LogP) is 3.00. The number of aryl methyl sites for hydroxylation is 1. The first-order chi connectivity index (χ1) is 14.6. The Kier molecular flexibility index (Phi) is 7.54. The lowest BCUT2D eigenvalue weighted by molar-refractivity contribution is 0.288. The Hall–Kier alpha value is -2.77. The number of benzene rings is 1. The highest BCUT2D eigenvalue weighted by atomic mass is 16.5. The van der Waals surface area contributed by atoms with Crippen molar-refractivity contribution in [3.63, 3.8) is 0 Å². The van der Waals surface area contributed by atoms with Gasteiger partial charge in [0.05, 0.1) is 14.2 Å². The van der Waals surface area contributed by atoms with E-state index in [0.29, 0.717) is 24.7 Å². The lowest BCUT2D eigenvalue weighted by atomic mass is 9.69. The van der Waals surface area contributed by atoms with Crippen molar-refractivity contribution in [3.05, 3.63) is 35.5 Å². The zero-order chi connectivity index (χ0) is 21.4. The Morgan fingerprint density at radius 1 is 1.13 bits per heavy atom. The van der Waals surface area contributed by atoms with Crippen molar-refractivity contribution in [1.82, 2.24) is 20.8 Å². The number of methoxy groups -OCH3 is 2. The minimum absolute atomic E-state index is 0.0407. The van der Waals surface area contributed by atoms with Gasteiger partial charge in [-0.15, -0.1) is 0 Å². The van der Waals surface area contributed by atoms with Crippen LogP contribution in [0.3, 0.4) is 0 Å². The normalized spacial score (nSPS) is 16.2. The molecule has 1 aliphatic carbocycles. The molecule has 0 radical (unpaired) electrons. The zero-order valence-corrected chi connectivity index (χ0v) is 18.5. The highest BCUT2D eigenvalue weighted by Crippen LogP contribution is 2.42. The van der Waals surface area contributed by atoms with Gasteiger partial charge in [0.1, 0.15) is 0 Å². The number of rotatable bonds is 8. The van der Waals surface area contributed by atoms with E-state index in [9.17, 15) is 0 Å². The first kappa shape index (κ1) is 21.9. The second-order valence-electron chi connectivity index (χ2n) is 7.75. The fourth-order valence-corrected chi connectivity index (χ4v) is 4.17. The smallest absolute Gasteiger partial charge is 0.228 e. The van der Waals surface area contributed by atoms with Gasteiger partial charge in [0.15, 0.2) is 23.3 Å². The second-order valence-corrected chi connectivity index (χ2v) is 7.75. The lowest BCUT2D eigenvalue weighted by Gasteiger charge is -2.38. The van der Waals surface area contributed by atoms with Crippen LogP contribution >= 0.6 is 0 Å². The predicted molar refractivity (Wildman–Crippen MR) is 116 cm³/mol. The molecule has 0 aliphatic heterocycles. The molecule has 0 atom stereocenters. The highest BCUT2D eigenvalue weighted by Gasteiger charge is 2.34. The summed E-state index contributed by atoms with van der Waals surface area (Å²) in [6.45, 7) is 3.30. The largest absolute Gasteiger partial charge is 0.493 e. The maximum Gasteiger partial charge on any atom is 0.228 e. The number of ether oxygens (including phenoxy) is 2. The van der Waals surface area contributed by atoms with Crippen LogP contribution in [0.25, 0.3) is 0 Å². The minimum Gasteiger partial charge on any atom is -0.493 e. The van der Waals surface area contributed by atoms with Crippen LogP contribution in [-0.2, 0) is 11.8 Å². The van der Waals surface area contributed by atoms with E-state index in [1.807, 2.05) is 13.0 Å². The van der Waals surface area contributed by atoms with Gasteiger partial charge in [-0.05, 0) is 37.5 Å². The van der Waals surface area contributed by atoms with Crippen LogP contribution < -0.4 is 20.1 Å². The van der Waals surface area contributed by atoms with Gasteiger partial charge < -0.3 is 24.6 Å². The first-order valence-corrected chi connectivity index (χ1v) is 10.6. The summed E-state index contributed by atoms with van der Waals surface area (Å²) in [5.41, 5.74) is 1.32. The molecule has 8 nitrogen and oxygen atoms in total. The van der Waals surface area contributed by atoms with Crippen LogP contribution in [0.1, 0.15) is 49.4 Å². The van der Waals surface area contributed by atoms with Crippen molar-refractivity contribution in [2.45, 2.75) is 50.9 Å². The van der Waals surface area contributed by atoms with Crippen molar-refractivity contribution in [2.24, 2.45) is 4.99 Å². The van der Waals surface area contributed by atoms with E-state index in [1.54, 1.807) is 21.3 Å². The number of guanidine groups is 1. The Morgan fingerprint density at radius 2 is 1.90 bits per heavy atom. The number of hydrogen-bond donors (Lipinski definition) is 2. The minimum atomic E-state index is 0.0407. The SMILES string of the molecule is CN=C(NCCc1nc(C)no1)NCC1(c2ccc(OC)c(OC)c2)CCCCC1. The lowest BCUT2D eigenvalue weighted by Crippen LogP contribution is -2.47. The van der Waals surface area contributed by atoms with Crippen LogP contribution in [0.15, 0.2) is 27.7 Å². The first-order valence-electron chi connectivity index (χ1n) is 10.6. The highest BCUT2D eigenvalue weighted by molar-refractivity contribution is 5.79. The van der Waals surface area contributed by atoms with E-state index in [2.05, 4.69) is 37.9 Å². The number of hydrogen-bond acceptors (Lipinski definition) is 6. The van der Waals surface area contributed by atoms with Crippen LogP contribution in [-0.4, -0.2) is 50.5 Å². The Morgan fingerprint density at radius 3 is 2.53 bits per heavy atom. The summed E-state index contributed by atoms with van der Waals surface area (Å²) >= 11 is 0. The number of aliphatic imine (C=N–C) groups is 1. The summed E-state index contributed by atoms with van der Waals surface area (Å²) in [4.78, 5) is 8.61. The molecule has 1 heterocycles. The Labute approximate surface area is 178 Å². The summed E-state index contributed by atoms with van der Waals surface area (Å²) in [5.74, 6) is 3.59. The topological polar surface area (TPSA) is 93.8 Å². The zero-order valence-electron chi connectivity index (χ0n) is 18.5. The molecule has 1 aromatic heterocycles. The molecule has 0 spiro atoms. The maximum atomic E-state index is 5.55. The molecule has 0 bridgehead atoms. The third kappa shape index (κ3) is 5.23. The summed E-state index contributed by atoms with van der Waals surface area (Å²) in [6.07, 6.45) is 6.65. The van der Waals surface area contributed by atoms with E-state index in [-0.39, 0.29) is 5.41 Å². The van der Waals surface area contributed by atoms with E-state index < -0.39 is 0 Å². The summed E-state index contributed by atoms with van der Waals surface area (Å²) in [5, 5.41) is 10.7. The quantitative estimate of drug-likeness (QED) is 0.506. The average molecular weight is 416 g/mol. The summed E-state index contributed by atoms with van der Waals surface area (Å²) < 4.78 is 16.1. The standard InChI is InChI=1S/C22H33N5O3/c1-16-26-20(30-27-16)10-13-24-21(23-2)25-15-22(11-6-5-7-12-22)17-8-9-18(28-3)19(14-17)29-4/h8-9,14H,5-7,10-13,15H2,1-4H3,(H2,23,24,25). The third-order valence-corrected chi connectivity index (χ3v) is 5.83. The van der Waals surface area contributed by atoms with Crippen LogP contribution in [0.4, 0.5) is 0 Å². The van der Waals surface area contributed by atoms with Crippen molar-refractivity contribution >= 4 is 5.96 Å². The van der Waals surface area contributed by atoms with Gasteiger partial charge in [0.2, 0.25) is 5.89 Å². The van der Waals surface area contributed by atoms with Crippen molar-refractivity contribution in [1.29, 1.82) is 0 Å². The molecule has 2 aromatic rings. The molecule has 30 heavy (non-hydrogen) atoms. The summed E-state index contributed by atoms with van der Waals surface area (Å²) in [6, 6.07) is 6.30. The molecule has 164 valence electrons. The van der Waals surface area contributed by atoms with Crippen LogP contribution in [0, 0.1) is 6.92 Å². The number of nitrogens with one attached hydrogen (secondary N) is 2. The molecule has 8 heteroatoms. The van der Waals surface area contributed by atoms with E-state index in [1.165, 1.54) is 24.8 Å². The van der Waals surface area contributed by atoms with Gasteiger partial charge in [-0.3, -0.25) is 4.99 Å². The van der Waals surface area contributed by atoms with Crippen LogP contribution in [0.2, 0.25) is 0 Å².